The molecule has 0 radical (unpaired) electrons. The fraction of sp³-hybridized carbons (Fsp3) is 0.636. The Labute approximate surface area is 101 Å². The standard InChI is InChI=1S/C11H19N5O/c1-11(2,10(17)14-12)8-15-5-6-16-4-3-13-9(16)7-15/h3-4H,5-8,12H2,1-2H3,(H,14,17). The van der Waals surface area contributed by atoms with E-state index in [9.17, 15) is 4.79 Å². The molecule has 1 aliphatic heterocycles. The highest BCUT2D eigenvalue weighted by molar-refractivity contribution is 5.81. The second-order valence-corrected chi connectivity index (χ2v) is 5.10. The maximum Gasteiger partial charge on any atom is 0.240 e. The van der Waals surface area contributed by atoms with Crippen molar-refractivity contribution in [2.45, 2.75) is 26.9 Å². The molecule has 3 N–H and O–H groups in total. The van der Waals surface area contributed by atoms with E-state index in [1.807, 2.05) is 26.2 Å². The fourth-order valence-electron chi connectivity index (χ4n) is 2.18. The van der Waals surface area contributed by atoms with Crippen molar-refractivity contribution < 1.29 is 4.79 Å². The predicted octanol–water partition coefficient (Wildman–Crippen LogP) is -0.285. The molecule has 17 heavy (non-hydrogen) atoms. The highest BCUT2D eigenvalue weighted by Crippen LogP contribution is 2.20. The van der Waals surface area contributed by atoms with Gasteiger partial charge in [0.25, 0.3) is 0 Å². The van der Waals surface area contributed by atoms with Crippen LogP contribution in [-0.2, 0) is 17.9 Å². The lowest BCUT2D eigenvalue weighted by Gasteiger charge is -2.33. The molecule has 2 rings (SSSR count). The van der Waals surface area contributed by atoms with Crippen molar-refractivity contribution in [1.82, 2.24) is 19.9 Å². The van der Waals surface area contributed by atoms with Crippen LogP contribution >= 0.6 is 0 Å². The van der Waals surface area contributed by atoms with Gasteiger partial charge in [-0.05, 0) is 13.8 Å². The lowest BCUT2D eigenvalue weighted by molar-refractivity contribution is -0.130. The third-order valence-electron chi connectivity index (χ3n) is 3.19. The van der Waals surface area contributed by atoms with E-state index in [1.165, 1.54) is 0 Å². The first-order chi connectivity index (χ1) is 8.03. The highest BCUT2D eigenvalue weighted by atomic mass is 16.2. The minimum absolute atomic E-state index is 0.133. The molecule has 0 spiro atoms. The number of hydrazine groups is 1. The number of hydrogen-bond acceptors (Lipinski definition) is 4. The van der Waals surface area contributed by atoms with Gasteiger partial charge < -0.3 is 4.57 Å². The number of carbonyl (C=O) groups is 1. The van der Waals surface area contributed by atoms with E-state index in [0.29, 0.717) is 6.54 Å². The molecule has 0 aromatic carbocycles. The van der Waals surface area contributed by atoms with Gasteiger partial charge in [-0.1, -0.05) is 0 Å². The van der Waals surface area contributed by atoms with Crippen molar-refractivity contribution in [1.29, 1.82) is 0 Å². The summed E-state index contributed by atoms with van der Waals surface area (Å²) >= 11 is 0. The summed E-state index contributed by atoms with van der Waals surface area (Å²) in [5, 5.41) is 0. The van der Waals surface area contributed by atoms with Crippen LogP contribution in [0.1, 0.15) is 19.7 Å². The number of hydrogen-bond donors (Lipinski definition) is 2. The van der Waals surface area contributed by atoms with Crippen LogP contribution in [0, 0.1) is 5.41 Å². The third kappa shape index (κ3) is 2.48. The van der Waals surface area contributed by atoms with E-state index in [1.54, 1.807) is 0 Å². The van der Waals surface area contributed by atoms with Gasteiger partial charge in [0.1, 0.15) is 5.82 Å². The normalized spacial score (nSPS) is 16.6. The van der Waals surface area contributed by atoms with Crippen LogP contribution in [0.4, 0.5) is 0 Å². The van der Waals surface area contributed by atoms with Crippen molar-refractivity contribution >= 4 is 5.91 Å². The number of amides is 1. The summed E-state index contributed by atoms with van der Waals surface area (Å²) < 4.78 is 2.15. The van der Waals surface area contributed by atoms with Crippen molar-refractivity contribution in [2.24, 2.45) is 11.3 Å². The number of aromatic nitrogens is 2. The molecule has 94 valence electrons. The number of imidazole rings is 1. The number of nitrogens with one attached hydrogen (secondary N) is 1. The molecular weight excluding hydrogens is 218 g/mol. The monoisotopic (exact) mass is 237 g/mol. The molecule has 0 aliphatic carbocycles. The van der Waals surface area contributed by atoms with Gasteiger partial charge in [-0.15, -0.1) is 0 Å². The van der Waals surface area contributed by atoms with Crippen LogP contribution in [0.3, 0.4) is 0 Å². The molecule has 6 heteroatoms. The molecule has 0 unspecified atom stereocenters. The molecule has 0 atom stereocenters. The lowest BCUT2D eigenvalue weighted by atomic mass is 9.91. The maximum absolute atomic E-state index is 11.6. The van der Waals surface area contributed by atoms with E-state index in [2.05, 4.69) is 19.9 Å². The molecule has 1 amide bonds. The first-order valence-corrected chi connectivity index (χ1v) is 5.76. The zero-order chi connectivity index (χ0) is 12.5. The Bertz CT molecular complexity index is 412. The molecule has 0 saturated heterocycles. The molecular formula is C11H19N5O. The SMILES string of the molecule is CC(C)(CN1CCn2ccnc2C1)C(=O)NN. The van der Waals surface area contributed by atoms with E-state index in [0.717, 1.165) is 25.5 Å². The average Bonchev–Trinajstić information content (AvgIpc) is 2.74. The van der Waals surface area contributed by atoms with Crippen LogP contribution in [-0.4, -0.2) is 33.4 Å². The van der Waals surface area contributed by atoms with Gasteiger partial charge >= 0.3 is 0 Å². The van der Waals surface area contributed by atoms with Gasteiger partial charge in [0.15, 0.2) is 0 Å². The third-order valence-corrected chi connectivity index (χ3v) is 3.19. The summed E-state index contributed by atoms with van der Waals surface area (Å²) in [5.74, 6) is 6.11. The average molecular weight is 237 g/mol. The highest BCUT2D eigenvalue weighted by Gasteiger charge is 2.31. The minimum Gasteiger partial charge on any atom is -0.333 e. The molecule has 0 fully saturated rings. The minimum atomic E-state index is -0.483. The van der Waals surface area contributed by atoms with Gasteiger partial charge in [-0.25, -0.2) is 10.8 Å². The van der Waals surface area contributed by atoms with Crippen molar-refractivity contribution in [3.8, 4) is 0 Å². The zero-order valence-corrected chi connectivity index (χ0v) is 10.3. The van der Waals surface area contributed by atoms with Gasteiger partial charge in [0.2, 0.25) is 5.91 Å². The molecule has 0 saturated carbocycles. The maximum atomic E-state index is 11.6. The summed E-state index contributed by atoms with van der Waals surface area (Å²) in [6, 6.07) is 0. The Morgan fingerprint density at radius 2 is 2.35 bits per heavy atom. The second kappa shape index (κ2) is 4.46. The molecule has 1 aliphatic rings. The molecule has 2 heterocycles. The quantitative estimate of drug-likeness (QED) is 0.430. The number of carbonyl (C=O) groups excluding carboxylic acids is 1. The molecule has 0 bridgehead atoms. The van der Waals surface area contributed by atoms with Gasteiger partial charge in [-0.3, -0.25) is 15.1 Å². The number of fused-ring (bicyclic) bond motifs is 1. The van der Waals surface area contributed by atoms with Gasteiger partial charge in [0, 0.05) is 32.0 Å². The van der Waals surface area contributed by atoms with Gasteiger partial charge in [0.05, 0.1) is 12.0 Å². The van der Waals surface area contributed by atoms with Crippen molar-refractivity contribution in [2.75, 3.05) is 13.1 Å². The topological polar surface area (TPSA) is 76.2 Å². The Balaban J connectivity index is 2.00. The molecule has 6 nitrogen and oxygen atoms in total. The van der Waals surface area contributed by atoms with E-state index in [-0.39, 0.29) is 5.91 Å². The second-order valence-electron chi connectivity index (χ2n) is 5.10. The number of nitrogens with two attached hydrogens (primary N) is 1. The number of rotatable bonds is 3. The van der Waals surface area contributed by atoms with E-state index < -0.39 is 5.41 Å². The Hall–Kier alpha value is -1.40. The van der Waals surface area contributed by atoms with Crippen LogP contribution in [0.5, 0.6) is 0 Å². The fourth-order valence-corrected chi connectivity index (χ4v) is 2.18. The van der Waals surface area contributed by atoms with Gasteiger partial charge in [-0.2, -0.15) is 0 Å². The first kappa shape index (κ1) is 12.1. The van der Waals surface area contributed by atoms with Crippen LogP contribution in [0.2, 0.25) is 0 Å². The van der Waals surface area contributed by atoms with E-state index >= 15 is 0 Å². The number of nitrogens with zero attached hydrogens (tertiary/aromatic N) is 3. The van der Waals surface area contributed by atoms with Crippen LogP contribution < -0.4 is 11.3 Å². The predicted molar refractivity (Wildman–Crippen MR) is 63.6 cm³/mol. The first-order valence-electron chi connectivity index (χ1n) is 5.76. The lowest BCUT2D eigenvalue weighted by Crippen LogP contribution is -2.48. The summed E-state index contributed by atoms with van der Waals surface area (Å²) in [6.07, 6.45) is 3.81. The molecule has 1 aromatic rings. The largest absolute Gasteiger partial charge is 0.333 e. The summed E-state index contributed by atoms with van der Waals surface area (Å²) in [4.78, 5) is 18.2. The summed E-state index contributed by atoms with van der Waals surface area (Å²) in [5.41, 5.74) is 1.74. The van der Waals surface area contributed by atoms with E-state index in [4.69, 9.17) is 5.84 Å². The van der Waals surface area contributed by atoms with Crippen LogP contribution in [0.15, 0.2) is 12.4 Å². The smallest absolute Gasteiger partial charge is 0.240 e. The van der Waals surface area contributed by atoms with Crippen LogP contribution in [0.25, 0.3) is 0 Å². The summed E-state index contributed by atoms with van der Waals surface area (Å²) in [6.45, 7) is 7.13. The Morgan fingerprint density at radius 1 is 1.59 bits per heavy atom. The Kier molecular flexibility index (Phi) is 3.17. The Morgan fingerprint density at radius 3 is 3.06 bits per heavy atom. The molecule has 1 aromatic heterocycles. The van der Waals surface area contributed by atoms with Crippen molar-refractivity contribution in [3.05, 3.63) is 18.2 Å². The zero-order valence-electron chi connectivity index (χ0n) is 10.3. The van der Waals surface area contributed by atoms with Crippen molar-refractivity contribution in [3.63, 3.8) is 0 Å². The summed E-state index contributed by atoms with van der Waals surface area (Å²) in [7, 11) is 0.